The second kappa shape index (κ2) is 5.98. The van der Waals surface area contributed by atoms with Gasteiger partial charge >= 0.3 is 0 Å². The molecule has 0 saturated carbocycles. The van der Waals surface area contributed by atoms with E-state index in [0.29, 0.717) is 25.9 Å². The third-order valence-electron chi connectivity index (χ3n) is 4.01. The molecule has 0 unspecified atom stereocenters. The second-order valence-electron chi connectivity index (χ2n) is 5.60. The molecule has 1 aromatic carbocycles. The fourth-order valence-electron chi connectivity index (χ4n) is 2.74. The Bertz CT molecular complexity index is 790. The Labute approximate surface area is 134 Å². The third kappa shape index (κ3) is 3.31. The van der Waals surface area contributed by atoms with Crippen LogP contribution in [0.2, 0.25) is 0 Å². The molecule has 1 aromatic heterocycles. The molecule has 0 spiro atoms. The Morgan fingerprint density at radius 2 is 2.00 bits per heavy atom. The number of hydrogen-bond acceptors (Lipinski definition) is 4. The van der Waals surface area contributed by atoms with E-state index in [1.165, 1.54) is 15.3 Å². The number of sulfonamides is 1. The van der Waals surface area contributed by atoms with Crippen LogP contribution in [0.3, 0.4) is 0 Å². The quantitative estimate of drug-likeness (QED) is 0.935. The summed E-state index contributed by atoms with van der Waals surface area (Å²) in [4.78, 5) is 12.3. The zero-order valence-electron chi connectivity index (χ0n) is 12.3. The van der Waals surface area contributed by atoms with Crippen molar-refractivity contribution in [1.82, 2.24) is 4.31 Å². The van der Waals surface area contributed by atoms with Crippen molar-refractivity contribution >= 4 is 43.0 Å². The van der Waals surface area contributed by atoms with Crippen LogP contribution in [0.5, 0.6) is 0 Å². The van der Waals surface area contributed by atoms with Gasteiger partial charge in [0, 0.05) is 29.4 Å². The predicted molar refractivity (Wildman–Crippen MR) is 89.6 cm³/mol. The average Bonchev–Trinajstić information content (AvgIpc) is 2.94. The van der Waals surface area contributed by atoms with Gasteiger partial charge in [-0.3, -0.25) is 4.79 Å². The zero-order valence-corrected chi connectivity index (χ0v) is 13.9. The summed E-state index contributed by atoms with van der Waals surface area (Å²) < 4.78 is 25.6. The van der Waals surface area contributed by atoms with Crippen molar-refractivity contribution in [3.05, 3.63) is 29.6 Å². The van der Waals surface area contributed by atoms with Crippen molar-refractivity contribution in [2.75, 3.05) is 24.7 Å². The van der Waals surface area contributed by atoms with Gasteiger partial charge in [0.2, 0.25) is 15.9 Å². The number of thiophene rings is 1. The van der Waals surface area contributed by atoms with E-state index in [2.05, 4.69) is 5.32 Å². The SMILES string of the molecule is CS(=O)(=O)N1CCC(C(=O)Nc2ccc3sccc3c2)CC1. The van der Waals surface area contributed by atoms with E-state index in [1.54, 1.807) is 11.3 Å². The number of piperidine rings is 1. The Balaban J connectivity index is 1.63. The van der Waals surface area contributed by atoms with Crippen LogP contribution in [0.4, 0.5) is 5.69 Å². The number of amides is 1. The normalized spacial score (nSPS) is 17.7. The Morgan fingerprint density at radius 3 is 2.68 bits per heavy atom. The van der Waals surface area contributed by atoms with Gasteiger partial charge < -0.3 is 5.32 Å². The number of nitrogens with one attached hydrogen (secondary N) is 1. The first-order chi connectivity index (χ1) is 10.4. The van der Waals surface area contributed by atoms with E-state index < -0.39 is 10.0 Å². The molecular weight excluding hydrogens is 320 g/mol. The van der Waals surface area contributed by atoms with Gasteiger partial charge in [-0.15, -0.1) is 11.3 Å². The zero-order chi connectivity index (χ0) is 15.7. The number of benzene rings is 1. The standard InChI is InChI=1S/C15H18N2O3S2/c1-22(19,20)17-7-4-11(5-8-17)15(18)16-13-2-3-14-12(10-13)6-9-21-14/h2-3,6,9-11H,4-5,7-8H2,1H3,(H,16,18). The van der Waals surface area contributed by atoms with Crippen molar-refractivity contribution in [2.24, 2.45) is 5.92 Å². The summed E-state index contributed by atoms with van der Waals surface area (Å²) in [7, 11) is -3.15. The fraction of sp³-hybridized carbons (Fsp3) is 0.400. The molecule has 0 bridgehead atoms. The number of hydrogen-bond donors (Lipinski definition) is 1. The van der Waals surface area contributed by atoms with Crippen molar-refractivity contribution in [3.63, 3.8) is 0 Å². The Kier molecular flexibility index (Phi) is 4.20. The van der Waals surface area contributed by atoms with Crippen molar-refractivity contribution in [1.29, 1.82) is 0 Å². The van der Waals surface area contributed by atoms with Crippen LogP contribution in [0, 0.1) is 5.92 Å². The molecule has 0 radical (unpaired) electrons. The number of carbonyl (C=O) groups is 1. The van der Waals surface area contributed by atoms with Crippen LogP contribution in [0.1, 0.15) is 12.8 Å². The van der Waals surface area contributed by atoms with Crippen molar-refractivity contribution < 1.29 is 13.2 Å². The smallest absolute Gasteiger partial charge is 0.227 e. The first-order valence-corrected chi connectivity index (χ1v) is 9.89. The van der Waals surface area contributed by atoms with Crippen molar-refractivity contribution in [3.8, 4) is 0 Å². The van der Waals surface area contributed by atoms with Gasteiger partial charge in [0.05, 0.1) is 6.26 Å². The maximum Gasteiger partial charge on any atom is 0.227 e. The van der Waals surface area contributed by atoms with Crippen LogP contribution < -0.4 is 5.32 Å². The summed E-state index contributed by atoms with van der Waals surface area (Å²) in [5, 5.41) is 6.09. The minimum absolute atomic E-state index is 0.0252. The summed E-state index contributed by atoms with van der Waals surface area (Å²) in [6.45, 7) is 0.834. The molecule has 1 amide bonds. The number of fused-ring (bicyclic) bond motifs is 1. The van der Waals surface area contributed by atoms with Crippen LogP contribution >= 0.6 is 11.3 Å². The lowest BCUT2D eigenvalue weighted by atomic mass is 9.97. The van der Waals surface area contributed by atoms with Crippen LogP contribution in [0.25, 0.3) is 10.1 Å². The largest absolute Gasteiger partial charge is 0.326 e. The van der Waals surface area contributed by atoms with Gasteiger partial charge in [0.15, 0.2) is 0 Å². The van der Waals surface area contributed by atoms with Gasteiger partial charge in [0.1, 0.15) is 0 Å². The molecule has 2 aromatic rings. The fourth-order valence-corrected chi connectivity index (χ4v) is 4.38. The summed E-state index contributed by atoms with van der Waals surface area (Å²) in [5.41, 5.74) is 0.793. The molecule has 22 heavy (non-hydrogen) atoms. The van der Waals surface area contributed by atoms with Crippen LogP contribution in [-0.4, -0.2) is 38.0 Å². The van der Waals surface area contributed by atoms with Crippen LogP contribution in [-0.2, 0) is 14.8 Å². The van der Waals surface area contributed by atoms with E-state index in [1.807, 2.05) is 29.6 Å². The number of rotatable bonds is 3. The minimum Gasteiger partial charge on any atom is -0.326 e. The molecule has 1 fully saturated rings. The second-order valence-corrected chi connectivity index (χ2v) is 8.53. The Morgan fingerprint density at radius 1 is 1.27 bits per heavy atom. The molecular formula is C15H18N2O3S2. The number of nitrogens with zero attached hydrogens (tertiary/aromatic N) is 1. The summed E-state index contributed by atoms with van der Waals surface area (Å²) in [6, 6.07) is 7.90. The van der Waals surface area contributed by atoms with E-state index in [9.17, 15) is 13.2 Å². The van der Waals surface area contributed by atoms with Gasteiger partial charge in [0.25, 0.3) is 0 Å². The topological polar surface area (TPSA) is 66.5 Å². The van der Waals surface area contributed by atoms with Crippen molar-refractivity contribution in [2.45, 2.75) is 12.8 Å². The van der Waals surface area contributed by atoms with E-state index in [0.717, 1.165) is 11.1 Å². The summed E-state index contributed by atoms with van der Waals surface area (Å²) in [6.07, 6.45) is 2.35. The number of anilines is 1. The molecule has 118 valence electrons. The average molecular weight is 338 g/mol. The maximum absolute atomic E-state index is 12.3. The third-order valence-corrected chi connectivity index (χ3v) is 6.21. The highest BCUT2D eigenvalue weighted by atomic mass is 32.2. The van der Waals surface area contributed by atoms with E-state index in [4.69, 9.17) is 0 Å². The predicted octanol–water partition coefficient (Wildman–Crippen LogP) is 2.51. The van der Waals surface area contributed by atoms with Gasteiger partial charge in [-0.1, -0.05) is 0 Å². The molecule has 1 saturated heterocycles. The highest BCUT2D eigenvalue weighted by Gasteiger charge is 2.28. The van der Waals surface area contributed by atoms with Crippen LogP contribution in [0.15, 0.2) is 29.6 Å². The molecule has 7 heteroatoms. The van der Waals surface area contributed by atoms with Gasteiger partial charge in [-0.25, -0.2) is 12.7 Å². The highest BCUT2D eigenvalue weighted by molar-refractivity contribution is 7.88. The van der Waals surface area contributed by atoms with Gasteiger partial charge in [-0.05, 0) is 47.9 Å². The first kappa shape index (κ1) is 15.5. The van der Waals surface area contributed by atoms with Gasteiger partial charge in [-0.2, -0.15) is 0 Å². The number of carbonyl (C=O) groups excluding carboxylic acids is 1. The highest BCUT2D eigenvalue weighted by Crippen LogP contribution is 2.25. The minimum atomic E-state index is -3.15. The summed E-state index contributed by atoms with van der Waals surface area (Å²) >= 11 is 1.67. The lowest BCUT2D eigenvalue weighted by molar-refractivity contribution is -0.120. The lowest BCUT2D eigenvalue weighted by Crippen LogP contribution is -2.40. The first-order valence-electron chi connectivity index (χ1n) is 7.17. The molecule has 5 nitrogen and oxygen atoms in total. The molecule has 1 N–H and O–H groups in total. The summed E-state index contributed by atoms with van der Waals surface area (Å²) in [5.74, 6) is -0.154. The Hall–Kier alpha value is -1.44. The molecule has 3 rings (SSSR count). The molecule has 0 atom stereocenters. The molecule has 0 aliphatic carbocycles. The molecule has 1 aliphatic heterocycles. The molecule has 2 heterocycles. The maximum atomic E-state index is 12.3. The van der Waals surface area contributed by atoms with E-state index >= 15 is 0 Å². The monoisotopic (exact) mass is 338 g/mol. The molecule has 1 aliphatic rings. The van der Waals surface area contributed by atoms with E-state index in [-0.39, 0.29) is 11.8 Å². The lowest BCUT2D eigenvalue weighted by Gasteiger charge is -2.29.